The molecule has 1 unspecified atom stereocenters. The monoisotopic (exact) mass is 327 g/mol. The zero-order valence-electron chi connectivity index (χ0n) is 15.0. The summed E-state index contributed by atoms with van der Waals surface area (Å²) in [6, 6.07) is 8.99. The number of hydrogen-bond donors (Lipinski definition) is 1. The smallest absolute Gasteiger partial charge is 0.324 e. The summed E-state index contributed by atoms with van der Waals surface area (Å²) in [6.45, 7) is 9.67. The molecule has 0 radical (unpaired) electrons. The lowest BCUT2D eigenvalue weighted by Crippen LogP contribution is -2.36. The summed E-state index contributed by atoms with van der Waals surface area (Å²) in [5, 5.41) is 2.98. The van der Waals surface area contributed by atoms with Crippen molar-refractivity contribution >= 4 is 11.6 Å². The van der Waals surface area contributed by atoms with Crippen molar-refractivity contribution in [1.82, 2.24) is 9.55 Å². The maximum absolute atomic E-state index is 12.8. The Kier molecular flexibility index (Phi) is 5.54. The number of nitrogens with one attached hydrogen (secondary N) is 1. The van der Waals surface area contributed by atoms with Gasteiger partial charge >= 0.3 is 5.69 Å². The molecule has 0 spiro atoms. The van der Waals surface area contributed by atoms with E-state index < -0.39 is 6.04 Å². The van der Waals surface area contributed by atoms with Crippen LogP contribution in [-0.2, 0) is 4.79 Å². The molecule has 24 heavy (non-hydrogen) atoms. The van der Waals surface area contributed by atoms with Gasteiger partial charge in [0.25, 0.3) is 0 Å². The lowest BCUT2D eigenvalue weighted by molar-refractivity contribution is -0.119. The molecule has 1 amide bonds. The van der Waals surface area contributed by atoms with E-state index in [0.717, 1.165) is 16.9 Å². The van der Waals surface area contributed by atoms with Gasteiger partial charge in [-0.05, 0) is 43.9 Å². The van der Waals surface area contributed by atoms with Gasteiger partial charge in [0.05, 0.1) is 0 Å². The Morgan fingerprint density at radius 3 is 2.50 bits per heavy atom. The van der Waals surface area contributed by atoms with Crippen LogP contribution in [0.25, 0.3) is 0 Å². The predicted molar refractivity (Wildman–Crippen MR) is 96.5 cm³/mol. The topological polar surface area (TPSA) is 64.0 Å². The fourth-order valence-electron chi connectivity index (χ4n) is 2.95. The van der Waals surface area contributed by atoms with Crippen molar-refractivity contribution in [3.63, 3.8) is 0 Å². The van der Waals surface area contributed by atoms with Crippen LogP contribution in [-0.4, -0.2) is 15.5 Å². The van der Waals surface area contributed by atoms with Gasteiger partial charge in [0.15, 0.2) is 0 Å². The minimum Gasteiger partial charge on any atom is -0.324 e. The van der Waals surface area contributed by atoms with E-state index in [1.54, 1.807) is 6.92 Å². The molecule has 1 atom stereocenters. The van der Waals surface area contributed by atoms with Gasteiger partial charge in [0.2, 0.25) is 5.91 Å². The Morgan fingerprint density at radius 1 is 1.25 bits per heavy atom. The predicted octanol–water partition coefficient (Wildman–Crippen LogP) is 3.57. The van der Waals surface area contributed by atoms with Gasteiger partial charge in [-0.2, -0.15) is 4.98 Å². The number of aromatic nitrogens is 2. The third-order valence-corrected chi connectivity index (χ3v) is 4.12. The number of carbonyl (C=O) groups is 1. The van der Waals surface area contributed by atoms with Crippen LogP contribution in [0.2, 0.25) is 0 Å². The first-order valence-corrected chi connectivity index (χ1v) is 8.31. The van der Waals surface area contributed by atoms with E-state index in [9.17, 15) is 9.59 Å². The number of benzene rings is 1. The molecule has 128 valence electrons. The van der Waals surface area contributed by atoms with Crippen LogP contribution in [0.3, 0.4) is 0 Å². The SMILES string of the molecule is CCC(C(=O)Nc1ccccc1C(C)C)n1c(C)cc(C)nc1=O. The van der Waals surface area contributed by atoms with Crippen molar-refractivity contribution in [2.24, 2.45) is 0 Å². The quantitative estimate of drug-likeness (QED) is 0.913. The summed E-state index contributed by atoms with van der Waals surface area (Å²) in [5.74, 6) is 0.105. The third kappa shape index (κ3) is 3.72. The number of carbonyl (C=O) groups excluding carboxylic acids is 1. The lowest BCUT2D eigenvalue weighted by atomic mass is 10.0. The van der Waals surface area contributed by atoms with Crippen LogP contribution in [0.1, 0.15) is 56.1 Å². The van der Waals surface area contributed by atoms with Crippen LogP contribution in [0.4, 0.5) is 5.69 Å². The lowest BCUT2D eigenvalue weighted by Gasteiger charge is -2.21. The highest BCUT2D eigenvalue weighted by atomic mass is 16.2. The molecule has 1 N–H and O–H groups in total. The molecule has 1 heterocycles. The van der Waals surface area contributed by atoms with E-state index >= 15 is 0 Å². The van der Waals surface area contributed by atoms with Gasteiger partial charge in [-0.3, -0.25) is 9.36 Å². The highest BCUT2D eigenvalue weighted by Crippen LogP contribution is 2.25. The van der Waals surface area contributed by atoms with Crippen molar-refractivity contribution in [3.05, 3.63) is 57.8 Å². The van der Waals surface area contributed by atoms with Gasteiger partial charge in [-0.25, -0.2) is 4.79 Å². The van der Waals surface area contributed by atoms with Gasteiger partial charge < -0.3 is 5.32 Å². The largest absolute Gasteiger partial charge is 0.348 e. The molecular formula is C19H25N3O2. The van der Waals surface area contributed by atoms with Crippen molar-refractivity contribution in [1.29, 1.82) is 0 Å². The van der Waals surface area contributed by atoms with Crippen LogP contribution in [0.15, 0.2) is 35.1 Å². The molecule has 0 bridgehead atoms. The van der Waals surface area contributed by atoms with Crippen molar-refractivity contribution in [3.8, 4) is 0 Å². The summed E-state index contributed by atoms with van der Waals surface area (Å²) in [6.07, 6.45) is 0.515. The average Bonchev–Trinajstić information content (AvgIpc) is 2.50. The summed E-state index contributed by atoms with van der Waals surface area (Å²) >= 11 is 0. The van der Waals surface area contributed by atoms with Crippen LogP contribution in [0.5, 0.6) is 0 Å². The Hall–Kier alpha value is -2.43. The molecule has 5 heteroatoms. The molecule has 0 saturated heterocycles. The van der Waals surface area contributed by atoms with Crippen LogP contribution < -0.4 is 11.0 Å². The second kappa shape index (κ2) is 7.43. The van der Waals surface area contributed by atoms with Gasteiger partial charge in [0.1, 0.15) is 6.04 Å². The zero-order valence-corrected chi connectivity index (χ0v) is 15.0. The number of rotatable bonds is 5. The number of hydrogen-bond acceptors (Lipinski definition) is 3. The first-order valence-electron chi connectivity index (χ1n) is 8.31. The van der Waals surface area contributed by atoms with E-state index in [4.69, 9.17) is 0 Å². The molecule has 0 fully saturated rings. The molecule has 1 aromatic heterocycles. The zero-order chi connectivity index (χ0) is 17.9. The highest BCUT2D eigenvalue weighted by molar-refractivity contribution is 5.94. The maximum atomic E-state index is 12.8. The standard InChI is InChI=1S/C19H25N3O2/c1-6-17(22-14(5)11-13(4)20-19(22)24)18(23)21-16-10-8-7-9-15(16)12(2)3/h7-12,17H,6H2,1-5H3,(H,21,23). The molecule has 0 aliphatic carbocycles. The van der Waals surface area contributed by atoms with Gasteiger partial charge in [-0.15, -0.1) is 0 Å². The number of anilines is 1. The minimum absolute atomic E-state index is 0.193. The van der Waals surface area contributed by atoms with Crippen molar-refractivity contribution < 1.29 is 4.79 Å². The van der Waals surface area contributed by atoms with E-state index in [1.807, 2.05) is 44.2 Å². The molecule has 0 saturated carbocycles. The van der Waals surface area contributed by atoms with Crippen LogP contribution in [0, 0.1) is 13.8 Å². The Morgan fingerprint density at radius 2 is 1.92 bits per heavy atom. The fourth-order valence-corrected chi connectivity index (χ4v) is 2.95. The Bertz CT molecular complexity index is 793. The molecular weight excluding hydrogens is 302 g/mol. The number of para-hydroxylation sites is 1. The van der Waals surface area contributed by atoms with Crippen LogP contribution >= 0.6 is 0 Å². The molecule has 2 aromatic rings. The first-order chi connectivity index (χ1) is 11.3. The summed E-state index contributed by atoms with van der Waals surface area (Å²) < 4.78 is 1.47. The van der Waals surface area contributed by atoms with E-state index in [-0.39, 0.29) is 11.6 Å². The Balaban J connectivity index is 2.36. The second-order valence-corrected chi connectivity index (χ2v) is 6.35. The minimum atomic E-state index is -0.578. The second-order valence-electron chi connectivity index (χ2n) is 6.35. The van der Waals surface area contributed by atoms with Crippen molar-refractivity contribution in [2.75, 3.05) is 5.32 Å². The maximum Gasteiger partial charge on any atom is 0.348 e. The highest BCUT2D eigenvalue weighted by Gasteiger charge is 2.22. The molecule has 2 rings (SSSR count). The van der Waals surface area contributed by atoms with E-state index in [0.29, 0.717) is 18.0 Å². The average molecular weight is 327 g/mol. The molecule has 0 aliphatic rings. The fraction of sp³-hybridized carbons (Fsp3) is 0.421. The first kappa shape index (κ1) is 17.9. The summed E-state index contributed by atoms with van der Waals surface area (Å²) in [5.41, 5.74) is 2.89. The summed E-state index contributed by atoms with van der Waals surface area (Å²) in [4.78, 5) is 29.0. The van der Waals surface area contributed by atoms with E-state index in [1.165, 1.54) is 4.57 Å². The van der Waals surface area contributed by atoms with Gasteiger partial charge in [-0.1, -0.05) is 39.0 Å². The third-order valence-electron chi connectivity index (χ3n) is 4.12. The normalized spacial score (nSPS) is 12.2. The Labute approximate surface area is 142 Å². The van der Waals surface area contributed by atoms with Crippen molar-refractivity contribution in [2.45, 2.75) is 53.0 Å². The summed E-state index contributed by atoms with van der Waals surface area (Å²) in [7, 11) is 0. The molecule has 0 aliphatic heterocycles. The molecule has 1 aromatic carbocycles. The number of aryl methyl sites for hydroxylation is 2. The molecule has 5 nitrogen and oxygen atoms in total. The van der Waals surface area contributed by atoms with Gasteiger partial charge in [0, 0.05) is 17.1 Å². The van der Waals surface area contributed by atoms with E-state index in [2.05, 4.69) is 24.1 Å². The number of amides is 1. The number of nitrogens with zero attached hydrogens (tertiary/aromatic N) is 2.